The second-order valence-electron chi connectivity index (χ2n) is 6.00. The number of amides is 2. The number of thioether (sulfide) groups is 1. The number of imide groups is 1. The molecule has 28 heavy (non-hydrogen) atoms. The largest absolute Gasteiger partial charge is 0.507 e. The van der Waals surface area contributed by atoms with Crippen LogP contribution in [0.3, 0.4) is 0 Å². The Morgan fingerprint density at radius 1 is 1.21 bits per heavy atom. The van der Waals surface area contributed by atoms with Crippen LogP contribution in [-0.2, 0) is 4.79 Å². The summed E-state index contributed by atoms with van der Waals surface area (Å²) in [5.41, 5.74) is 0.957. The fourth-order valence-corrected chi connectivity index (χ4v) is 3.35. The number of ether oxygens (including phenoxy) is 1. The Kier molecular flexibility index (Phi) is 5.65. The minimum atomic E-state index is -0.606. The smallest absolute Gasteiger partial charge is 0.293 e. The van der Waals surface area contributed by atoms with Crippen LogP contribution in [-0.4, -0.2) is 39.2 Å². The molecule has 1 N–H and O–H groups in total. The number of non-ortho nitro benzene ring substituents is 1. The molecule has 0 radical (unpaired) electrons. The van der Waals surface area contributed by atoms with E-state index in [0.29, 0.717) is 17.5 Å². The van der Waals surface area contributed by atoms with Gasteiger partial charge in [-0.1, -0.05) is 17.7 Å². The summed E-state index contributed by atoms with van der Waals surface area (Å²) < 4.78 is 5.54. The molecule has 2 aromatic carbocycles. The number of phenolic OH excluding ortho intramolecular Hbond substituents is 1. The van der Waals surface area contributed by atoms with Crippen molar-refractivity contribution in [1.29, 1.82) is 0 Å². The van der Waals surface area contributed by atoms with Crippen LogP contribution in [0.25, 0.3) is 6.08 Å². The van der Waals surface area contributed by atoms with E-state index in [1.807, 2.05) is 19.1 Å². The highest BCUT2D eigenvalue weighted by Gasteiger charge is 2.35. The van der Waals surface area contributed by atoms with Gasteiger partial charge in [0.25, 0.3) is 16.8 Å². The Labute approximate surface area is 164 Å². The fourth-order valence-electron chi connectivity index (χ4n) is 2.49. The Bertz CT molecular complexity index is 971. The highest BCUT2D eigenvalue weighted by Crippen LogP contribution is 2.34. The predicted octanol–water partition coefficient (Wildman–Crippen LogP) is 3.72. The zero-order valence-corrected chi connectivity index (χ0v) is 15.6. The van der Waals surface area contributed by atoms with E-state index in [9.17, 15) is 24.8 Å². The number of nitrogens with zero attached hydrogens (tertiary/aromatic N) is 2. The van der Waals surface area contributed by atoms with Gasteiger partial charge in [-0.2, -0.15) is 0 Å². The summed E-state index contributed by atoms with van der Waals surface area (Å²) in [5.74, 6) is -0.122. The molecular formula is C19H16N2O6S. The fraction of sp³-hybridized carbons (Fsp3) is 0.158. The quantitative estimate of drug-likeness (QED) is 0.447. The molecule has 1 saturated heterocycles. The highest BCUT2D eigenvalue weighted by atomic mass is 32.2. The van der Waals surface area contributed by atoms with Crippen molar-refractivity contribution in [2.45, 2.75) is 6.92 Å². The van der Waals surface area contributed by atoms with Gasteiger partial charge in [0.1, 0.15) is 18.1 Å². The van der Waals surface area contributed by atoms with Crippen molar-refractivity contribution in [3.8, 4) is 11.5 Å². The number of hydrogen-bond donors (Lipinski definition) is 1. The van der Waals surface area contributed by atoms with E-state index in [0.717, 1.165) is 22.6 Å². The molecule has 1 aliphatic heterocycles. The molecule has 8 nitrogen and oxygen atoms in total. The monoisotopic (exact) mass is 400 g/mol. The lowest BCUT2D eigenvalue weighted by atomic mass is 10.1. The van der Waals surface area contributed by atoms with Crippen LogP contribution in [0.2, 0.25) is 0 Å². The molecule has 1 fully saturated rings. The van der Waals surface area contributed by atoms with Crippen molar-refractivity contribution in [2.24, 2.45) is 0 Å². The number of benzene rings is 2. The summed E-state index contributed by atoms with van der Waals surface area (Å²) in [6, 6.07) is 10.9. The van der Waals surface area contributed by atoms with Crippen molar-refractivity contribution < 1.29 is 24.4 Å². The molecular weight excluding hydrogens is 384 g/mol. The second-order valence-corrected chi connectivity index (χ2v) is 6.99. The zero-order chi connectivity index (χ0) is 20.3. The van der Waals surface area contributed by atoms with Crippen LogP contribution in [0.4, 0.5) is 10.5 Å². The average Bonchev–Trinajstić information content (AvgIpc) is 2.92. The summed E-state index contributed by atoms with van der Waals surface area (Å²) in [5, 5.41) is 20.3. The third-order valence-electron chi connectivity index (χ3n) is 3.99. The molecule has 1 aliphatic rings. The maximum atomic E-state index is 12.5. The van der Waals surface area contributed by atoms with Gasteiger partial charge in [-0.05, 0) is 43.0 Å². The SMILES string of the molecule is Cc1ccc(OCCN2C(=O)S/C(=C\c3cc([N+](=O)[O-])ccc3O)C2=O)cc1. The van der Waals surface area contributed by atoms with E-state index in [-0.39, 0.29) is 35.1 Å². The van der Waals surface area contributed by atoms with Crippen LogP contribution in [0, 0.1) is 17.0 Å². The van der Waals surface area contributed by atoms with E-state index in [2.05, 4.69) is 0 Å². The van der Waals surface area contributed by atoms with E-state index >= 15 is 0 Å². The summed E-state index contributed by atoms with van der Waals surface area (Å²) in [7, 11) is 0. The second kappa shape index (κ2) is 8.13. The van der Waals surface area contributed by atoms with Crippen molar-refractivity contribution in [2.75, 3.05) is 13.2 Å². The Balaban J connectivity index is 1.69. The Hall–Kier alpha value is -3.33. The standard InChI is InChI=1S/C19H16N2O6S/c1-12-2-5-15(6-3-12)27-9-8-20-18(23)17(28-19(20)24)11-13-10-14(21(25)26)4-7-16(13)22/h2-7,10-11,22H,8-9H2,1H3/b17-11-. The van der Waals surface area contributed by atoms with Crippen molar-refractivity contribution in [3.05, 3.63) is 68.6 Å². The zero-order valence-electron chi connectivity index (χ0n) is 14.8. The molecule has 2 amide bonds. The number of aryl methyl sites for hydroxylation is 1. The van der Waals surface area contributed by atoms with E-state index in [1.165, 1.54) is 12.1 Å². The number of carbonyl (C=O) groups is 2. The first kappa shape index (κ1) is 19.4. The topological polar surface area (TPSA) is 110 Å². The van der Waals surface area contributed by atoms with Gasteiger partial charge in [-0.25, -0.2) is 0 Å². The maximum Gasteiger partial charge on any atom is 0.293 e. The molecule has 1 heterocycles. The molecule has 0 aliphatic carbocycles. The van der Waals surface area contributed by atoms with E-state index < -0.39 is 16.1 Å². The lowest BCUT2D eigenvalue weighted by Gasteiger charge is -2.13. The molecule has 3 rings (SSSR count). The predicted molar refractivity (Wildman–Crippen MR) is 104 cm³/mol. The Morgan fingerprint density at radius 3 is 2.61 bits per heavy atom. The van der Waals surface area contributed by atoms with Gasteiger partial charge in [-0.15, -0.1) is 0 Å². The number of hydrogen-bond acceptors (Lipinski definition) is 7. The third-order valence-corrected chi connectivity index (χ3v) is 4.89. The van der Waals surface area contributed by atoms with Gasteiger partial charge in [0.2, 0.25) is 0 Å². The molecule has 144 valence electrons. The minimum absolute atomic E-state index is 0.0663. The summed E-state index contributed by atoms with van der Waals surface area (Å²) in [6.07, 6.45) is 1.27. The average molecular weight is 400 g/mol. The first-order valence-electron chi connectivity index (χ1n) is 8.27. The number of aromatic hydroxyl groups is 1. The van der Waals surface area contributed by atoms with Crippen LogP contribution in [0.15, 0.2) is 47.4 Å². The van der Waals surface area contributed by atoms with Gasteiger partial charge in [-0.3, -0.25) is 24.6 Å². The number of carbonyl (C=O) groups excluding carboxylic acids is 2. The van der Waals surface area contributed by atoms with Gasteiger partial charge in [0.05, 0.1) is 16.4 Å². The number of phenols is 1. The first-order valence-corrected chi connectivity index (χ1v) is 9.09. The molecule has 9 heteroatoms. The molecule has 0 spiro atoms. The number of rotatable bonds is 6. The molecule has 0 atom stereocenters. The van der Waals surface area contributed by atoms with Crippen molar-refractivity contribution in [3.63, 3.8) is 0 Å². The van der Waals surface area contributed by atoms with Gasteiger partial charge in [0.15, 0.2) is 0 Å². The molecule has 0 bridgehead atoms. The van der Waals surface area contributed by atoms with Crippen LogP contribution in [0.5, 0.6) is 11.5 Å². The molecule has 0 unspecified atom stereocenters. The summed E-state index contributed by atoms with van der Waals surface area (Å²) in [6.45, 7) is 2.16. The van der Waals surface area contributed by atoms with Crippen LogP contribution >= 0.6 is 11.8 Å². The lowest BCUT2D eigenvalue weighted by Crippen LogP contribution is -2.32. The third kappa shape index (κ3) is 4.32. The summed E-state index contributed by atoms with van der Waals surface area (Å²) >= 11 is 0.710. The molecule has 0 aromatic heterocycles. The number of nitro groups is 1. The minimum Gasteiger partial charge on any atom is -0.507 e. The first-order chi connectivity index (χ1) is 13.3. The molecule has 2 aromatic rings. The van der Waals surface area contributed by atoms with Crippen LogP contribution in [0.1, 0.15) is 11.1 Å². The molecule has 0 saturated carbocycles. The van der Waals surface area contributed by atoms with E-state index in [1.54, 1.807) is 12.1 Å². The van der Waals surface area contributed by atoms with Crippen molar-refractivity contribution in [1.82, 2.24) is 4.90 Å². The normalized spacial score (nSPS) is 15.3. The maximum absolute atomic E-state index is 12.5. The van der Waals surface area contributed by atoms with Gasteiger partial charge >= 0.3 is 0 Å². The Morgan fingerprint density at radius 2 is 1.93 bits per heavy atom. The highest BCUT2D eigenvalue weighted by molar-refractivity contribution is 8.18. The number of nitro benzene ring substituents is 1. The van der Waals surface area contributed by atoms with E-state index in [4.69, 9.17) is 4.74 Å². The lowest BCUT2D eigenvalue weighted by molar-refractivity contribution is -0.384. The van der Waals surface area contributed by atoms with Gasteiger partial charge in [0, 0.05) is 17.7 Å². The summed E-state index contributed by atoms with van der Waals surface area (Å²) in [4.78, 5) is 36.0. The van der Waals surface area contributed by atoms with Crippen molar-refractivity contribution >= 4 is 34.7 Å². The van der Waals surface area contributed by atoms with Gasteiger partial charge < -0.3 is 9.84 Å². The van der Waals surface area contributed by atoms with Crippen LogP contribution < -0.4 is 4.74 Å².